The van der Waals surface area contributed by atoms with Crippen molar-refractivity contribution in [1.29, 1.82) is 0 Å². The van der Waals surface area contributed by atoms with Gasteiger partial charge in [-0.25, -0.2) is 0 Å². The van der Waals surface area contributed by atoms with Crippen LogP contribution in [0.15, 0.2) is 11.4 Å². The number of esters is 1. The predicted molar refractivity (Wildman–Crippen MR) is 84.7 cm³/mol. The van der Waals surface area contributed by atoms with Crippen LogP contribution in [0.4, 0.5) is 0 Å². The molecular weight excluding hydrogens is 290 g/mol. The van der Waals surface area contributed by atoms with Gasteiger partial charge in [0.2, 0.25) is 0 Å². The Balaban J connectivity index is 1.82. The van der Waals surface area contributed by atoms with Crippen LogP contribution in [0.5, 0.6) is 0 Å². The van der Waals surface area contributed by atoms with Crippen LogP contribution in [0.2, 0.25) is 0 Å². The van der Waals surface area contributed by atoms with Gasteiger partial charge in [0.1, 0.15) is 0 Å². The smallest absolute Gasteiger partial charge is 0.306 e. The first-order chi connectivity index (χ1) is 9.69. The van der Waals surface area contributed by atoms with Crippen molar-refractivity contribution >= 4 is 29.1 Å². The zero-order valence-electron chi connectivity index (χ0n) is 11.6. The molecule has 1 aromatic rings. The molecule has 0 atom stereocenters. The monoisotopic (exact) mass is 309 g/mol. The minimum atomic E-state index is -0.0891. The molecule has 5 heteroatoms. The van der Waals surface area contributed by atoms with E-state index in [0.29, 0.717) is 13.0 Å². The molecule has 20 heavy (non-hydrogen) atoms. The van der Waals surface area contributed by atoms with Gasteiger partial charge in [-0.05, 0) is 35.5 Å². The van der Waals surface area contributed by atoms with Crippen LogP contribution >= 0.6 is 23.1 Å². The van der Waals surface area contributed by atoms with Gasteiger partial charge in [0.15, 0.2) is 0 Å². The first-order valence-electron chi connectivity index (χ1n) is 6.59. The Morgan fingerprint density at radius 1 is 1.60 bits per heavy atom. The molecule has 0 aliphatic heterocycles. The van der Waals surface area contributed by atoms with Crippen LogP contribution in [-0.4, -0.2) is 25.4 Å². The summed E-state index contributed by atoms with van der Waals surface area (Å²) < 4.78 is 4.77. The molecule has 1 saturated carbocycles. The van der Waals surface area contributed by atoms with Gasteiger partial charge in [0.05, 0.1) is 20.1 Å². The maximum Gasteiger partial charge on any atom is 0.306 e. The van der Waals surface area contributed by atoms with Gasteiger partial charge in [0.25, 0.3) is 0 Å². The second-order valence-corrected chi connectivity index (χ2v) is 7.00. The number of hydrogen-bond donors (Lipinski definition) is 1. The number of carbonyl (C=O) groups excluding carboxylic acids is 1. The average molecular weight is 309 g/mol. The van der Waals surface area contributed by atoms with Crippen molar-refractivity contribution in [2.75, 3.05) is 19.4 Å². The number of ether oxygens (including phenoxy) is 1. The van der Waals surface area contributed by atoms with Gasteiger partial charge in [0, 0.05) is 16.2 Å². The predicted octanol–water partition coefficient (Wildman–Crippen LogP) is 2.63. The minimum absolute atomic E-state index is 0.0891. The Morgan fingerprint density at radius 3 is 3.05 bits per heavy atom. The van der Waals surface area contributed by atoms with Crippen molar-refractivity contribution in [1.82, 2.24) is 0 Å². The topological polar surface area (TPSA) is 52.3 Å². The molecule has 3 nitrogen and oxygen atoms in total. The molecule has 1 aliphatic rings. The molecule has 1 fully saturated rings. The van der Waals surface area contributed by atoms with E-state index in [-0.39, 0.29) is 11.4 Å². The summed E-state index contributed by atoms with van der Waals surface area (Å²) in [6, 6.07) is 2.05. The minimum Gasteiger partial charge on any atom is -0.469 e. The average Bonchev–Trinajstić information content (AvgIpc) is 3.06. The fourth-order valence-electron chi connectivity index (χ4n) is 2.00. The van der Waals surface area contributed by atoms with Crippen molar-refractivity contribution in [3.63, 3.8) is 0 Å². The molecule has 2 rings (SSSR count). The van der Waals surface area contributed by atoms with Crippen molar-refractivity contribution in [2.45, 2.75) is 25.0 Å². The summed E-state index contributed by atoms with van der Waals surface area (Å²) in [6.07, 6.45) is 2.83. The molecule has 0 saturated heterocycles. The number of methoxy groups -OCH3 is 1. The lowest BCUT2D eigenvalue weighted by atomic mass is 10.1. The van der Waals surface area contributed by atoms with E-state index >= 15 is 0 Å². The fourth-order valence-corrected chi connectivity index (χ4v) is 4.40. The highest BCUT2D eigenvalue weighted by Crippen LogP contribution is 2.51. The van der Waals surface area contributed by atoms with Crippen LogP contribution in [0, 0.1) is 17.3 Å². The van der Waals surface area contributed by atoms with Crippen LogP contribution in [0.3, 0.4) is 0 Å². The van der Waals surface area contributed by atoms with Crippen LogP contribution in [0.25, 0.3) is 0 Å². The molecular formula is C15H19NO2S2. The molecule has 0 bridgehead atoms. The molecule has 2 N–H and O–H groups in total. The SMILES string of the molecule is COC(=O)CC1(CSCc2sccc2C#CCN)CC1. The standard InChI is InChI=1S/C15H19NO2S2/c1-18-14(17)9-15(5-6-15)11-19-10-13-12(3-2-7-16)4-8-20-13/h4,8H,5-7,9-11,16H2,1H3. The maximum absolute atomic E-state index is 11.4. The number of thiophene rings is 1. The van der Waals surface area contributed by atoms with Gasteiger partial charge >= 0.3 is 5.97 Å². The summed E-state index contributed by atoms with van der Waals surface area (Å²) in [5.41, 5.74) is 6.68. The third-order valence-electron chi connectivity index (χ3n) is 3.42. The molecule has 0 amide bonds. The third-order valence-corrected chi connectivity index (χ3v) is 5.83. The molecule has 1 heterocycles. The lowest BCUT2D eigenvalue weighted by molar-refractivity contribution is -0.141. The lowest BCUT2D eigenvalue weighted by Crippen LogP contribution is -2.13. The van der Waals surface area contributed by atoms with Crippen LogP contribution < -0.4 is 5.73 Å². The van der Waals surface area contributed by atoms with Gasteiger partial charge in [-0.1, -0.05) is 11.8 Å². The molecule has 0 radical (unpaired) electrons. The highest BCUT2D eigenvalue weighted by atomic mass is 32.2. The Morgan fingerprint density at radius 2 is 2.40 bits per heavy atom. The van der Waals surface area contributed by atoms with Crippen molar-refractivity contribution in [2.24, 2.45) is 11.1 Å². The first-order valence-corrected chi connectivity index (χ1v) is 8.62. The second-order valence-electron chi connectivity index (χ2n) is 5.01. The normalized spacial score (nSPS) is 15.3. The van der Waals surface area contributed by atoms with Gasteiger partial charge in [-0.3, -0.25) is 4.79 Å². The van der Waals surface area contributed by atoms with Crippen molar-refractivity contribution < 1.29 is 9.53 Å². The Kier molecular flexibility index (Phi) is 5.53. The summed E-state index contributed by atoms with van der Waals surface area (Å²) >= 11 is 3.62. The summed E-state index contributed by atoms with van der Waals surface area (Å²) in [5, 5.41) is 2.07. The summed E-state index contributed by atoms with van der Waals surface area (Å²) in [4.78, 5) is 12.7. The molecule has 0 aromatic carbocycles. The Bertz CT molecular complexity index is 523. The second kappa shape index (κ2) is 7.16. The van der Waals surface area contributed by atoms with E-state index in [9.17, 15) is 4.79 Å². The maximum atomic E-state index is 11.4. The number of nitrogens with two attached hydrogens (primary N) is 1. The highest BCUT2D eigenvalue weighted by Gasteiger charge is 2.44. The Hall–Kier alpha value is -0.960. The molecule has 108 valence electrons. The summed E-state index contributed by atoms with van der Waals surface area (Å²) in [6.45, 7) is 0.394. The third kappa shape index (κ3) is 4.27. The zero-order valence-corrected chi connectivity index (χ0v) is 13.2. The van der Waals surface area contributed by atoms with Gasteiger partial charge < -0.3 is 10.5 Å². The summed E-state index contributed by atoms with van der Waals surface area (Å²) in [7, 11) is 1.46. The van der Waals surface area contributed by atoms with Gasteiger partial charge in [-0.2, -0.15) is 11.8 Å². The summed E-state index contributed by atoms with van der Waals surface area (Å²) in [5.74, 6) is 7.89. The molecule has 1 aromatic heterocycles. The van der Waals surface area contributed by atoms with E-state index < -0.39 is 0 Å². The van der Waals surface area contributed by atoms with Gasteiger partial charge in [-0.15, -0.1) is 11.3 Å². The number of thioether (sulfide) groups is 1. The Labute approximate surface area is 128 Å². The van der Waals surface area contributed by atoms with E-state index in [2.05, 4.69) is 17.2 Å². The quantitative estimate of drug-likeness (QED) is 0.648. The molecule has 0 spiro atoms. The molecule has 0 unspecified atom stereocenters. The number of rotatable bonds is 6. The lowest BCUT2D eigenvalue weighted by Gasteiger charge is -2.12. The van der Waals surface area contributed by atoms with E-state index in [4.69, 9.17) is 10.5 Å². The molecule has 1 aliphatic carbocycles. The first kappa shape index (κ1) is 15.4. The largest absolute Gasteiger partial charge is 0.469 e. The van der Waals surface area contributed by atoms with Crippen molar-refractivity contribution in [3.05, 3.63) is 21.9 Å². The number of hydrogen-bond acceptors (Lipinski definition) is 5. The van der Waals surface area contributed by atoms with E-state index in [1.165, 1.54) is 12.0 Å². The van der Waals surface area contributed by atoms with E-state index in [1.54, 1.807) is 11.3 Å². The van der Waals surface area contributed by atoms with Crippen LogP contribution in [0.1, 0.15) is 29.7 Å². The fraction of sp³-hybridized carbons (Fsp3) is 0.533. The number of carbonyl (C=O) groups is 1. The zero-order chi connectivity index (χ0) is 14.4. The van der Waals surface area contributed by atoms with E-state index in [0.717, 1.165) is 29.9 Å². The highest BCUT2D eigenvalue weighted by molar-refractivity contribution is 7.98. The van der Waals surface area contributed by atoms with Crippen LogP contribution in [-0.2, 0) is 15.3 Å². The van der Waals surface area contributed by atoms with Crippen molar-refractivity contribution in [3.8, 4) is 11.8 Å². The van der Waals surface area contributed by atoms with E-state index in [1.807, 2.05) is 17.8 Å².